The van der Waals surface area contributed by atoms with E-state index in [1.165, 1.54) is 18.2 Å². The Morgan fingerprint density at radius 3 is 2.80 bits per heavy atom. The molecule has 15 heavy (non-hydrogen) atoms. The van der Waals surface area contributed by atoms with E-state index in [2.05, 4.69) is 0 Å². The second-order valence-corrected chi connectivity index (χ2v) is 4.28. The number of rotatable bonds is 4. The Bertz CT molecular complexity index is 370. The summed E-state index contributed by atoms with van der Waals surface area (Å²) in [6, 6.07) is 3.96. The number of aliphatic carboxylic acids is 1. The summed E-state index contributed by atoms with van der Waals surface area (Å²) in [5.74, 6) is -1.30. The zero-order valence-corrected chi connectivity index (χ0v) is 9.05. The second kappa shape index (κ2) is 5.02. The zero-order chi connectivity index (χ0) is 11.4. The molecule has 0 amide bonds. The Hall–Kier alpha value is -1.23. The van der Waals surface area contributed by atoms with Crippen molar-refractivity contribution in [2.24, 2.45) is 0 Å². The van der Waals surface area contributed by atoms with Gasteiger partial charge in [0.05, 0.1) is 0 Å². The summed E-state index contributed by atoms with van der Waals surface area (Å²) in [6.07, 6.45) is 0.497. The Balaban J connectivity index is 2.84. The number of nitrogen functional groups attached to an aromatic ring is 1. The van der Waals surface area contributed by atoms with E-state index in [-0.39, 0.29) is 5.69 Å². The number of benzene rings is 1. The molecule has 0 aromatic heterocycles. The van der Waals surface area contributed by atoms with E-state index >= 15 is 0 Å². The molecule has 0 saturated heterocycles. The van der Waals surface area contributed by atoms with Gasteiger partial charge in [-0.25, -0.2) is 4.39 Å². The van der Waals surface area contributed by atoms with Gasteiger partial charge < -0.3 is 10.8 Å². The van der Waals surface area contributed by atoms with Crippen LogP contribution in [0.1, 0.15) is 13.3 Å². The summed E-state index contributed by atoms with van der Waals surface area (Å²) >= 11 is 1.14. The van der Waals surface area contributed by atoms with E-state index in [1.54, 1.807) is 6.92 Å². The van der Waals surface area contributed by atoms with Crippen LogP contribution in [0.5, 0.6) is 0 Å². The number of thioether (sulfide) groups is 1. The summed E-state index contributed by atoms with van der Waals surface area (Å²) in [7, 11) is 0. The number of carboxylic acids is 1. The van der Waals surface area contributed by atoms with Gasteiger partial charge in [-0.2, -0.15) is 0 Å². The number of hydrogen-bond acceptors (Lipinski definition) is 3. The van der Waals surface area contributed by atoms with Gasteiger partial charge in [-0.05, 0) is 24.6 Å². The standard InChI is InChI=1S/C10H12FNO2S/c1-2-8(10(13)14)15-9-4-3-6(11)5-7(9)12/h3-5,8H,2,12H2,1H3,(H,13,14). The maximum atomic E-state index is 12.7. The maximum absolute atomic E-state index is 12.7. The van der Waals surface area contributed by atoms with Crippen molar-refractivity contribution in [3.05, 3.63) is 24.0 Å². The minimum absolute atomic E-state index is 0.278. The van der Waals surface area contributed by atoms with Gasteiger partial charge in [-0.3, -0.25) is 4.79 Å². The molecule has 0 radical (unpaired) electrons. The van der Waals surface area contributed by atoms with Crippen molar-refractivity contribution in [3.63, 3.8) is 0 Å². The van der Waals surface area contributed by atoms with Crippen LogP contribution in [0.15, 0.2) is 23.1 Å². The predicted molar refractivity (Wildman–Crippen MR) is 58.4 cm³/mol. The van der Waals surface area contributed by atoms with Crippen LogP contribution in [0.25, 0.3) is 0 Å². The van der Waals surface area contributed by atoms with Gasteiger partial charge in [0.15, 0.2) is 0 Å². The molecular formula is C10H12FNO2S. The minimum Gasteiger partial charge on any atom is -0.480 e. The zero-order valence-electron chi connectivity index (χ0n) is 8.24. The second-order valence-electron chi connectivity index (χ2n) is 3.04. The van der Waals surface area contributed by atoms with Gasteiger partial charge in [0, 0.05) is 10.6 Å². The first kappa shape index (κ1) is 11.8. The van der Waals surface area contributed by atoms with Crippen molar-refractivity contribution in [2.45, 2.75) is 23.5 Å². The van der Waals surface area contributed by atoms with Crippen molar-refractivity contribution in [3.8, 4) is 0 Å². The molecule has 1 unspecified atom stereocenters. The van der Waals surface area contributed by atoms with Gasteiger partial charge in [-0.15, -0.1) is 11.8 Å². The van der Waals surface area contributed by atoms with E-state index in [9.17, 15) is 9.18 Å². The van der Waals surface area contributed by atoms with Crippen molar-refractivity contribution in [1.82, 2.24) is 0 Å². The maximum Gasteiger partial charge on any atom is 0.316 e. The summed E-state index contributed by atoms with van der Waals surface area (Å²) < 4.78 is 12.7. The van der Waals surface area contributed by atoms with Crippen molar-refractivity contribution < 1.29 is 14.3 Å². The van der Waals surface area contributed by atoms with Crippen LogP contribution in [0.4, 0.5) is 10.1 Å². The number of nitrogens with two attached hydrogens (primary N) is 1. The van der Waals surface area contributed by atoms with Crippen LogP contribution >= 0.6 is 11.8 Å². The monoisotopic (exact) mass is 229 g/mol. The van der Waals surface area contributed by atoms with Crippen LogP contribution in [-0.2, 0) is 4.79 Å². The normalized spacial score (nSPS) is 12.4. The number of hydrogen-bond donors (Lipinski definition) is 2. The van der Waals surface area contributed by atoms with Gasteiger partial charge >= 0.3 is 5.97 Å². The average Bonchev–Trinajstić information content (AvgIpc) is 2.16. The molecule has 1 aromatic carbocycles. The van der Waals surface area contributed by atoms with Crippen LogP contribution in [0.3, 0.4) is 0 Å². The third-order valence-electron chi connectivity index (χ3n) is 1.89. The van der Waals surface area contributed by atoms with E-state index in [4.69, 9.17) is 10.8 Å². The molecule has 82 valence electrons. The molecule has 0 fully saturated rings. The Morgan fingerprint density at radius 1 is 1.67 bits per heavy atom. The molecule has 0 heterocycles. The van der Waals surface area contributed by atoms with E-state index in [1.807, 2.05) is 0 Å². The Labute approximate surface area is 91.5 Å². The number of carbonyl (C=O) groups is 1. The van der Waals surface area contributed by atoms with Crippen molar-refractivity contribution >= 4 is 23.4 Å². The molecular weight excluding hydrogens is 217 g/mol. The van der Waals surface area contributed by atoms with E-state index < -0.39 is 17.0 Å². The molecule has 0 spiro atoms. The minimum atomic E-state index is -0.883. The first-order chi connectivity index (χ1) is 7.04. The lowest BCUT2D eigenvalue weighted by molar-refractivity contribution is -0.136. The van der Waals surface area contributed by atoms with E-state index in [0.717, 1.165) is 11.8 Å². The Morgan fingerprint density at radius 2 is 2.33 bits per heavy atom. The predicted octanol–water partition coefficient (Wildman–Crippen LogP) is 2.36. The third kappa shape index (κ3) is 3.13. The number of halogens is 1. The lowest BCUT2D eigenvalue weighted by atomic mass is 10.3. The fourth-order valence-electron chi connectivity index (χ4n) is 1.09. The number of anilines is 1. The fourth-order valence-corrected chi connectivity index (χ4v) is 2.00. The highest BCUT2D eigenvalue weighted by Crippen LogP contribution is 2.30. The van der Waals surface area contributed by atoms with Crippen molar-refractivity contribution in [1.29, 1.82) is 0 Å². The highest BCUT2D eigenvalue weighted by atomic mass is 32.2. The SMILES string of the molecule is CCC(Sc1ccc(F)cc1N)C(=O)O. The molecule has 1 rings (SSSR count). The van der Waals surface area contributed by atoms with Crippen LogP contribution in [0, 0.1) is 5.82 Å². The first-order valence-electron chi connectivity index (χ1n) is 4.49. The molecule has 0 aliphatic heterocycles. The molecule has 0 bridgehead atoms. The molecule has 0 aliphatic carbocycles. The molecule has 3 nitrogen and oxygen atoms in total. The fraction of sp³-hybridized carbons (Fsp3) is 0.300. The largest absolute Gasteiger partial charge is 0.480 e. The molecule has 3 N–H and O–H groups in total. The van der Waals surface area contributed by atoms with Crippen molar-refractivity contribution in [2.75, 3.05) is 5.73 Å². The molecule has 0 saturated carbocycles. The Kier molecular flexibility index (Phi) is 3.96. The molecule has 0 aliphatic rings. The lowest BCUT2D eigenvalue weighted by Gasteiger charge is -2.10. The smallest absolute Gasteiger partial charge is 0.316 e. The highest BCUT2D eigenvalue weighted by molar-refractivity contribution is 8.00. The third-order valence-corrected chi connectivity index (χ3v) is 3.33. The van der Waals surface area contributed by atoms with Gasteiger partial charge in [0.1, 0.15) is 11.1 Å². The van der Waals surface area contributed by atoms with Gasteiger partial charge in [-0.1, -0.05) is 6.92 Å². The molecule has 1 aromatic rings. The van der Waals surface area contributed by atoms with Gasteiger partial charge in [0.25, 0.3) is 0 Å². The molecule has 1 atom stereocenters. The topological polar surface area (TPSA) is 63.3 Å². The van der Waals surface area contributed by atoms with Gasteiger partial charge in [0.2, 0.25) is 0 Å². The van der Waals surface area contributed by atoms with Crippen LogP contribution in [0.2, 0.25) is 0 Å². The molecule has 5 heteroatoms. The van der Waals surface area contributed by atoms with Crippen LogP contribution in [-0.4, -0.2) is 16.3 Å². The summed E-state index contributed by atoms with van der Waals surface area (Å²) in [5, 5.41) is 8.30. The average molecular weight is 229 g/mol. The lowest BCUT2D eigenvalue weighted by Crippen LogP contribution is -2.14. The first-order valence-corrected chi connectivity index (χ1v) is 5.37. The summed E-state index contributed by atoms with van der Waals surface area (Å²) in [6.45, 7) is 1.78. The quantitative estimate of drug-likeness (QED) is 0.614. The van der Waals surface area contributed by atoms with Crippen LogP contribution < -0.4 is 5.73 Å². The summed E-state index contributed by atoms with van der Waals surface area (Å²) in [4.78, 5) is 11.4. The highest BCUT2D eigenvalue weighted by Gasteiger charge is 2.17. The van der Waals surface area contributed by atoms with E-state index in [0.29, 0.717) is 11.3 Å². The summed E-state index contributed by atoms with van der Waals surface area (Å²) in [5.41, 5.74) is 5.85. The number of carboxylic acid groups (broad SMARTS) is 1.